The Hall–Kier alpha value is -2.48. The molecular weight excluding hydrogens is 402 g/mol. The van der Waals surface area contributed by atoms with Crippen molar-refractivity contribution in [1.29, 1.82) is 0 Å². The second-order valence-electron chi connectivity index (χ2n) is 9.05. The van der Waals surface area contributed by atoms with Crippen LogP contribution in [0.1, 0.15) is 43.9 Å². The molecule has 0 aromatic carbocycles. The van der Waals surface area contributed by atoms with Crippen LogP contribution < -0.4 is 5.32 Å². The highest BCUT2D eigenvalue weighted by Crippen LogP contribution is 2.35. The average molecular weight is 436 g/mol. The van der Waals surface area contributed by atoms with E-state index in [-0.39, 0.29) is 6.10 Å². The fourth-order valence-corrected chi connectivity index (χ4v) is 4.79. The molecule has 1 aliphatic heterocycles. The lowest BCUT2D eigenvalue weighted by Gasteiger charge is -2.28. The van der Waals surface area contributed by atoms with Crippen LogP contribution in [-0.4, -0.2) is 63.4 Å². The van der Waals surface area contributed by atoms with Crippen LogP contribution in [0, 0.1) is 0 Å². The predicted octanol–water partition coefficient (Wildman–Crippen LogP) is 3.73. The van der Waals surface area contributed by atoms with Crippen molar-refractivity contribution in [2.24, 2.45) is 0 Å². The maximum absolute atomic E-state index is 9.91. The van der Waals surface area contributed by atoms with Gasteiger partial charge in [-0.3, -0.25) is 9.88 Å². The van der Waals surface area contributed by atoms with Crippen LogP contribution in [0.5, 0.6) is 0 Å². The first kappa shape index (κ1) is 21.4. The summed E-state index contributed by atoms with van der Waals surface area (Å²) >= 11 is 0. The molecule has 3 aromatic heterocycles. The maximum atomic E-state index is 9.91. The number of H-pyrrole nitrogens is 1. The van der Waals surface area contributed by atoms with Crippen molar-refractivity contribution in [2.75, 3.05) is 31.6 Å². The first-order valence-electron chi connectivity index (χ1n) is 11.9. The van der Waals surface area contributed by atoms with Gasteiger partial charge in [0, 0.05) is 54.7 Å². The van der Waals surface area contributed by atoms with Gasteiger partial charge in [0.1, 0.15) is 5.65 Å². The number of anilines is 1. The summed E-state index contributed by atoms with van der Waals surface area (Å²) in [7, 11) is 0. The van der Waals surface area contributed by atoms with Crippen molar-refractivity contribution < 1.29 is 9.84 Å². The van der Waals surface area contributed by atoms with Crippen LogP contribution >= 0.6 is 0 Å². The zero-order valence-electron chi connectivity index (χ0n) is 18.8. The molecule has 1 saturated heterocycles. The molecule has 4 heterocycles. The van der Waals surface area contributed by atoms with Crippen molar-refractivity contribution in [3.8, 4) is 11.3 Å². The van der Waals surface area contributed by atoms with E-state index in [0.29, 0.717) is 6.04 Å². The van der Waals surface area contributed by atoms with Crippen molar-refractivity contribution in [2.45, 2.75) is 57.7 Å². The molecule has 1 aliphatic carbocycles. The molecule has 0 spiro atoms. The van der Waals surface area contributed by atoms with Crippen molar-refractivity contribution in [3.05, 3.63) is 41.9 Å². The Labute approximate surface area is 189 Å². The van der Waals surface area contributed by atoms with Gasteiger partial charge in [-0.05, 0) is 49.8 Å². The second kappa shape index (κ2) is 9.57. The molecule has 0 bridgehead atoms. The number of aliphatic hydroxyl groups excluding tert-OH is 1. The number of aromatic amines is 1. The standard InChI is InChI=1S/C25H33N5O2/c1-2-18-13-21-24(28-19-4-6-20(31)7-5-19)22(15-27-25(21)29-18)23-8-3-17(14-26-23)16-30-9-11-32-12-10-30/h3,8,13-15,19-20,31H,2,4-7,9-12,16H2,1H3,(H2,27,28,29). The molecule has 3 aromatic rings. The molecule has 5 rings (SSSR count). The van der Waals surface area contributed by atoms with Crippen molar-refractivity contribution in [3.63, 3.8) is 0 Å². The number of ether oxygens (including phenoxy) is 1. The fraction of sp³-hybridized carbons (Fsp3) is 0.520. The second-order valence-corrected chi connectivity index (χ2v) is 9.05. The fourth-order valence-electron chi connectivity index (χ4n) is 4.79. The summed E-state index contributed by atoms with van der Waals surface area (Å²) in [5.74, 6) is 0. The van der Waals surface area contributed by atoms with E-state index in [9.17, 15) is 5.11 Å². The number of morpholine rings is 1. The molecule has 7 nitrogen and oxygen atoms in total. The minimum absolute atomic E-state index is 0.162. The number of nitrogens with one attached hydrogen (secondary N) is 2. The van der Waals surface area contributed by atoms with E-state index in [4.69, 9.17) is 14.7 Å². The molecule has 2 aliphatic rings. The molecule has 0 unspecified atom stereocenters. The number of rotatable bonds is 6. The number of nitrogens with zero attached hydrogens (tertiary/aromatic N) is 3. The molecule has 1 saturated carbocycles. The first-order chi connectivity index (χ1) is 15.7. The van der Waals surface area contributed by atoms with Gasteiger partial charge in [-0.25, -0.2) is 4.98 Å². The summed E-state index contributed by atoms with van der Waals surface area (Å²) in [6.45, 7) is 6.61. The third kappa shape index (κ3) is 4.65. The summed E-state index contributed by atoms with van der Waals surface area (Å²) in [6, 6.07) is 6.85. The Kier molecular flexibility index (Phi) is 6.39. The summed E-state index contributed by atoms with van der Waals surface area (Å²) in [4.78, 5) is 15.4. The van der Waals surface area contributed by atoms with Gasteiger partial charge in [-0.2, -0.15) is 0 Å². The Bertz CT molecular complexity index is 1030. The lowest BCUT2D eigenvalue weighted by molar-refractivity contribution is 0.0341. The van der Waals surface area contributed by atoms with E-state index in [1.807, 2.05) is 12.4 Å². The van der Waals surface area contributed by atoms with Crippen LogP contribution in [0.15, 0.2) is 30.6 Å². The molecule has 0 amide bonds. The Balaban J connectivity index is 1.44. The quantitative estimate of drug-likeness (QED) is 0.547. The Morgan fingerprint density at radius 2 is 1.94 bits per heavy atom. The number of aromatic nitrogens is 3. The van der Waals surface area contributed by atoms with Crippen LogP contribution in [0.2, 0.25) is 0 Å². The van der Waals surface area contributed by atoms with Gasteiger partial charge in [0.2, 0.25) is 0 Å². The lowest BCUT2D eigenvalue weighted by Crippen LogP contribution is -2.35. The van der Waals surface area contributed by atoms with Crippen molar-refractivity contribution >= 4 is 16.7 Å². The highest BCUT2D eigenvalue weighted by Gasteiger charge is 2.22. The molecule has 0 radical (unpaired) electrons. The lowest BCUT2D eigenvalue weighted by atomic mass is 9.92. The topological polar surface area (TPSA) is 86.3 Å². The third-order valence-electron chi connectivity index (χ3n) is 6.75. The summed E-state index contributed by atoms with van der Waals surface area (Å²) in [5.41, 5.74) is 6.37. The number of hydrogen-bond acceptors (Lipinski definition) is 6. The average Bonchev–Trinajstić information content (AvgIpc) is 3.26. The van der Waals surface area contributed by atoms with E-state index in [1.165, 1.54) is 11.3 Å². The molecule has 7 heteroatoms. The zero-order valence-corrected chi connectivity index (χ0v) is 18.8. The number of pyridine rings is 2. The van der Waals surface area contributed by atoms with Gasteiger partial charge < -0.3 is 20.1 Å². The largest absolute Gasteiger partial charge is 0.393 e. The molecule has 170 valence electrons. The van der Waals surface area contributed by atoms with Gasteiger partial charge >= 0.3 is 0 Å². The Morgan fingerprint density at radius 1 is 1.12 bits per heavy atom. The minimum Gasteiger partial charge on any atom is -0.393 e. The minimum atomic E-state index is -0.162. The van der Waals surface area contributed by atoms with Crippen LogP contribution in [0.4, 0.5) is 5.69 Å². The number of aliphatic hydroxyl groups is 1. The summed E-state index contributed by atoms with van der Waals surface area (Å²) < 4.78 is 5.45. The number of aryl methyl sites for hydroxylation is 1. The molecule has 3 N–H and O–H groups in total. The van der Waals surface area contributed by atoms with Crippen LogP contribution in [0.25, 0.3) is 22.3 Å². The molecule has 2 fully saturated rings. The maximum Gasteiger partial charge on any atom is 0.139 e. The molecular formula is C25H33N5O2. The van der Waals surface area contributed by atoms with Crippen LogP contribution in [-0.2, 0) is 17.7 Å². The number of fused-ring (bicyclic) bond motifs is 1. The van der Waals surface area contributed by atoms with Crippen LogP contribution in [0.3, 0.4) is 0 Å². The van der Waals surface area contributed by atoms with E-state index in [1.54, 1.807) is 0 Å². The summed E-state index contributed by atoms with van der Waals surface area (Å²) in [5, 5.41) is 14.8. The van der Waals surface area contributed by atoms with Gasteiger partial charge in [-0.1, -0.05) is 13.0 Å². The first-order valence-corrected chi connectivity index (χ1v) is 11.9. The third-order valence-corrected chi connectivity index (χ3v) is 6.75. The monoisotopic (exact) mass is 435 g/mol. The van der Waals surface area contributed by atoms with E-state index >= 15 is 0 Å². The van der Waals surface area contributed by atoms with Gasteiger partial charge in [0.15, 0.2) is 0 Å². The van der Waals surface area contributed by atoms with E-state index in [2.05, 4.69) is 40.3 Å². The number of hydrogen-bond donors (Lipinski definition) is 3. The van der Waals surface area contributed by atoms with E-state index in [0.717, 1.165) is 92.9 Å². The zero-order chi connectivity index (χ0) is 21.9. The molecule has 32 heavy (non-hydrogen) atoms. The summed E-state index contributed by atoms with van der Waals surface area (Å²) in [6.07, 6.45) is 8.35. The normalized spacial score (nSPS) is 22.3. The SMILES string of the molecule is CCc1cc2c(NC3CCC(O)CC3)c(-c3ccc(CN4CCOCC4)cn3)cnc2[nH]1. The Morgan fingerprint density at radius 3 is 2.66 bits per heavy atom. The smallest absolute Gasteiger partial charge is 0.139 e. The molecule has 0 atom stereocenters. The van der Waals surface area contributed by atoms with E-state index < -0.39 is 0 Å². The van der Waals surface area contributed by atoms with Gasteiger partial charge in [0.25, 0.3) is 0 Å². The highest BCUT2D eigenvalue weighted by molar-refractivity contribution is 5.98. The van der Waals surface area contributed by atoms with Gasteiger partial charge in [-0.15, -0.1) is 0 Å². The van der Waals surface area contributed by atoms with Gasteiger partial charge in [0.05, 0.1) is 30.7 Å². The van der Waals surface area contributed by atoms with Crippen molar-refractivity contribution in [1.82, 2.24) is 19.9 Å². The highest BCUT2D eigenvalue weighted by atomic mass is 16.5. The predicted molar refractivity (Wildman–Crippen MR) is 127 cm³/mol.